The number of alkyl halides is 3. The molecule has 2 nitrogen and oxygen atoms in total. The Morgan fingerprint density at radius 1 is 1.42 bits per heavy atom. The summed E-state index contributed by atoms with van der Waals surface area (Å²) in [7, 11) is 1.13. The summed E-state index contributed by atoms with van der Waals surface area (Å²) >= 11 is 5.09. The number of halogens is 4. The zero-order valence-corrected chi connectivity index (χ0v) is 7.27. The third-order valence-corrected chi connectivity index (χ3v) is 1.52. The number of nitrogens with one attached hydrogen (secondary N) is 2. The van der Waals surface area contributed by atoms with Gasteiger partial charge >= 0.3 is 6.18 Å². The average molecular weight is 201 g/mol. The molecule has 0 unspecified atom stereocenters. The van der Waals surface area contributed by atoms with Gasteiger partial charge in [-0.25, -0.2) is 0 Å². The number of hydrogen-bond donors (Lipinski definition) is 2. The molecule has 70 valence electrons. The predicted molar refractivity (Wildman–Crippen MR) is 41.4 cm³/mol. The van der Waals surface area contributed by atoms with Crippen molar-refractivity contribution in [2.24, 2.45) is 0 Å². The fourth-order valence-corrected chi connectivity index (χ4v) is 0.746. The second kappa shape index (κ2) is 3.80. The first-order chi connectivity index (χ1) is 5.30. The quantitative estimate of drug-likeness (QED) is 0.659. The summed E-state index contributed by atoms with van der Waals surface area (Å²) in [5.41, 5.74) is -1.30. The number of rotatable bonds is 2. The second-order valence-corrected chi connectivity index (χ2v) is 2.44. The van der Waals surface area contributed by atoms with E-state index in [0.29, 0.717) is 0 Å². The Morgan fingerprint density at radius 3 is 1.92 bits per heavy atom. The molecule has 2 N–H and O–H groups in total. The summed E-state index contributed by atoms with van der Waals surface area (Å²) in [5.74, 6) is 0. The second-order valence-electron chi connectivity index (χ2n) is 2.06. The maximum Gasteiger partial charge on any atom is 0.431 e. The Hall–Kier alpha value is -0.710. The van der Waals surface area contributed by atoms with Crippen molar-refractivity contribution in [3.8, 4) is 0 Å². The van der Waals surface area contributed by atoms with E-state index in [1.807, 2.05) is 5.32 Å². The molecule has 6 heteroatoms. The lowest BCUT2D eigenvalue weighted by molar-refractivity contribution is -0.0965. The van der Waals surface area contributed by atoms with Crippen molar-refractivity contribution in [2.75, 3.05) is 7.05 Å². The van der Waals surface area contributed by atoms with Gasteiger partial charge < -0.3 is 5.32 Å². The molecule has 0 aliphatic heterocycles. The van der Waals surface area contributed by atoms with Crippen LogP contribution in [0.4, 0.5) is 13.2 Å². The molecule has 0 aromatic carbocycles. The minimum absolute atomic E-state index is 0.313. The van der Waals surface area contributed by atoms with Gasteiger partial charge in [-0.3, -0.25) is 5.41 Å². The number of allylic oxidation sites excluding steroid dienone is 2. The molecule has 0 heterocycles. The minimum atomic E-state index is -4.49. The van der Waals surface area contributed by atoms with E-state index < -0.39 is 17.0 Å². The molecule has 0 bridgehead atoms. The zero-order valence-electron chi connectivity index (χ0n) is 6.51. The van der Waals surface area contributed by atoms with Crippen molar-refractivity contribution >= 4 is 16.8 Å². The molecule has 0 saturated carbocycles. The van der Waals surface area contributed by atoms with Crippen molar-refractivity contribution in [2.45, 2.75) is 13.1 Å². The lowest BCUT2D eigenvalue weighted by Crippen LogP contribution is -2.25. The first kappa shape index (κ1) is 11.3. The van der Waals surface area contributed by atoms with Gasteiger partial charge in [-0.1, -0.05) is 11.6 Å². The molecule has 0 rings (SSSR count). The largest absolute Gasteiger partial charge is 0.431 e. The van der Waals surface area contributed by atoms with Gasteiger partial charge in [0.25, 0.3) is 0 Å². The monoisotopic (exact) mass is 200 g/mol. The van der Waals surface area contributed by atoms with Crippen molar-refractivity contribution in [3.63, 3.8) is 0 Å². The molecular weight excluding hydrogens is 193 g/mol. The van der Waals surface area contributed by atoms with Crippen LogP contribution in [0, 0.1) is 5.41 Å². The van der Waals surface area contributed by atoms with Gasteiger partial charge in [-0.2, -0.15) is 13.2 Å². The van der Waals surface area contributed by atoms with Gasteiger partial charge in [-0.05, 0) is 6.92 Å². The summed E-state index contributed by atoms with van der Waals surface area (Å²) in [5, 5.41) is 8.12. The highest BCUT2D eigenvalue weighted by Crippen LogP contribution is 2.26. The third-order valence-electron chi connectivity index (χ3n) is 1.24. The highest BCUT2D eigenvalue weighted by atomic mass is 35.5. The summed E-state index contributed by atoms with van der Waals surface area (Å²) in [4.78, 5) is 0. The van der Waals surface area contributed by atoms with E-state index in [4.69, 9.17) is 17.0 Å². The van der Waals surface area contributed by atoms with Gasteiger partial charge in [0.1, 0.15) is 10.9 Å². The molecule has 0 aromatic heterocycles. The molecule has 0 atom stereocenters. The van der Waals surface area contributed by atoms with Crippen molar-refractivity contribution in [3.05, 3.63) is 11.3 Å². The van der Waals surface area contributed by atoms with Gasteiger partial charge in [-0.15, -0.1) is 0 Å². The minimum Gasteiger partial charge on any atom is -0.384 e. The molecule has 0 spiro atoms. The van der Waals surface area contributed by atoms with E-state index in [0.717, 1.165) is 14.0 Å². The molecule has 0 aromatic rings. The number of hydrogen-bond acceptors (Lipinski definition) is 2. The Balaban J connectivity index is 5.01. The Morgan fingerprint density at radius 2 is 1.83 bits per heavy atom. The SMILES string of the molecule is CN/C(=C(/C)C(=N)Cl)C(F)(F)F. The van der Waals surface area contributed by atoms with Crippen LogP contribution in [0.5, 0.6) is 0 Å². The maximum absolute atomic E-state index is 12.1. The van der Waals surface area contributed by atoms with Gasteiger partial charge in [0.15, 0.2) is 0 Å². The van der Waals surface area contributed by atoms with Crippen LogP contribution in [-0.2, 0) is 0 Å². The summed E-state index contributed by atoms with van der Waals surface area (Å²) in [6.07, 6.45) is -4.49. The molecule has 0 aliphatic carbocycles. The average Bonchev–Trinajstić information content (AvgIpc) is 1.85. The third kappa shape index (κ3) is 2.73. The van der Waals surface area contributed by atoms with Crippen LogP contribution in [-0.4, -0.2) is 18.4 Å². The van der Waals surface area contributed by atoms with Crippen molar-refractivity contribution in [1.29, 1.82) is 5.41 Å². The van der Waals surface area contributed by atoms with Gasteiger partial charge in [0, 0.05) is 12.6 Å². The van der Waals surface area contributed by atoms with E-state index in [1.165, 1.54) is 0 Å². The lowest BCUT2D eigenvalue weighted by Gasteiger charge is -2.13. The van der Waals surface area contributed by atoms with E-state index in [2.05, 4.69) is 0 Å². The fraction of sp³-hybridized carbons (Fsp3) is 0.500. The maximum atomic E-state index is 12.1. The van der Waals surface area contributed by atoms with Crippen LogP contribution in [0.1, 0.15) is 6.92 Å². The molecule has 0 saturated heterocycles. The van der Waals surface area contributed by atoms with Crippen LogP contribution in [0.25, 0.3) is 0 Å². The fourth-order valence-electron chi connectivity index (χ4n) is 0.652. The molecule has 0 radical (unpaired) electrons. The topological polar surface area (TPSA) is 35.9 Å². The van der Waals surface area contributed by atoms with Crippen molar-refractivity contribution in [1.82, 2.24) is 5.32 Å². The van der Waals surface area contributed by atoms with E-state index in [9.17, 15) is 13.2 Å². The predicted octanol–water partition coefficient (Wildman–Crippen LogP) is 2.26. The Labute approximate surface area is 72.9 Å². The van der Waals surface area contributed by atoms with Crippen molar-refractivity contribution < 1.29 is 13.2 Å². The standard InChI is InChI=1S/C6H8ClF3N2/c1-3(5(7)11)4(12-2)6(8,9)10/h11-12H,1-2H3/b4-3-,11-5?. The highest BCUT2D eigenvalue weighted by Gasteiger charge is 2.35. The zero-order chi connectivity index (χ0) is 9.94. The van der Waals surface area contributed by atoms with E-state index in [-0.39, 0.29) is 5.57 Å². The summed E-state index contributed by atoms with van der Waals surface area (Å²) in [6, 6.07) is 0. The highest BCUT2D eigenvalue weighted by molar-refractivity contribution is 6.68. The van der Waals surface area contributed by atoms with E-state index >= 15 is 0 Å². The Kier molecular flexibility index (Phi) is 3.57. The molecule has 0 amide bonds. The molecule has 0 fully saturated rings. The molecular formula is C6H8ClF3N2. The van der Waals surface area contributed by atoms with Crippen LogP contribution >= 0.6 is 11.6 Å². The summed E-state index contributed by atoms with van der Waals surface area (Å²) in [6.45, 7) is 1.13. The van der Waals surface area contributed by atoms with E-state index in [1.54, 1.807) is 0 Å². The van der Waals surface area contributed by atoms with Crippen LogP contribution in [0.15, 0.2) is 11.3 Å². The lowest BCUT2D eigenvalue weighted by atomic mass is 10.2. The summed E-state index contributed by atoms with van der Waals surface area (Å²) < 4.78 is 36.2. The molecule has 12 heavy (non-hydrogen) atoms. The molecule has 0 aliphatic rings. The normalized spacial score (nSPS) is 13.8. The van der Waals surface area contributed by atoms with Gasteiger partial charge in [0.05, 0.1) is 0 Å². The van der Waals surface area contributed by atoms with Crippen LogP contribution in [0.2, 0.25) is 0 Å². The van der Waals surface area contributed by atoms with Crippen LogP contribution < -0.4 is 5.32 Å². The first-order valence-corrected chi connectivity index (χ1v) is 3.38. The Bertz CT molecular complexity index is 219. The first-order valence-electron chi connectivity index (χ1n) is 3.01. The van der Waals surface area contributed by atoms with Gasteiger partial charge in [0.2, 0.25) is 0 Å². The van der Waals surface area contributed by atoms with Crippen LogP contribution in [0.3, 0.4) is 0 Å². The smallest absolute Gasteiger partial charge is 0.384 e.